The molecule has 142 valence electrons. The minimum atomic E-state index is -4.40. The molecule has 1 aromatic carbocycles. The Labute approximate surface area is 154 Å². The predicted molar refractivity (Wildman–Crippen MR) is 97.6 cm³/mol. The van der Waals surface area contributed by atoms with Gasteiger partial charge in [-0.3, -0.25) is 9.36 Å². The smallest absolute Gasteiger partial charge is 0.346 e. The van der Waals surface area contributed by atoms with Crippen LogP contribution < -0.4 is 15.4 Å². The molecule has 4 rings (SSSR count). The van der Waals surface area contributed by atoms with Gasteiger partial charge in [-0.25, -0.2) is 4.79 Å². The van der Waals surface area contributed by atoms with Gasteiger partial charge >= 0.3 is 15.8 Å². The van der Waals surface area contributed by atoms with Crippen LogP contribution in [0.3, 0.4) is 0 Å². The molecule has 0 unspecified atom stereocenters. The molecule has 0 atom stereocenters. The summed E-state index contributed by atoms with van der Waals surface area (Å²) in [5, 5.41) is 0.825. The minimum absolute atomic E-state index is 0.0904. The largest absolute Gasteiger partial charge is 0.461 e. The van der Waals surface area contributed by atoms with E-state index in [4.69, 9.17) is 8.60 Å². The summed E-state index contributed by atoms with van der Waals surface area (Å²) in [5.41, 5.74) is 0.215. The summed E-state index contributed by atoms with van der Waals surface area (Å²) in [4.78, 5) is 23.4. The zero-order valence-electron chi connectivity index (χ0n) is 14.9. The quantitative estimate of drug-likeness (QED) is 0.628. The third-order valence-electron chi connectivity index (χ3n) is 4.82. The summed E-state index contributed by atoms with van der Waals surface area (Å²) >= 11 is 0. The number of fused-ring (bicyclic) bond motifs is 3. The van der Waals surface area contributed by atoms with Gasteiger partial charge in [0.15, 0.2) is 4.90 Å². The summed E-state index contributed by atoms with van der Waals surface area (Å²) in [5.74, 6) is 1.02. The molecule has 0 fully saturated rings. The van der Waals surface area contributed by atoms with E-state index < -0.39 is 26.3 Å². The topological polar surface area (TPSA) is 101 Å². The first-order valence-electron chi connectivity index (χ1n) is 8.53. The van der Waals surface area contributed by atoms with Gasteiger partial charge in [0.2, 0.25) is 0 Å². The van der Waals surface area contributed by atoms with Crippen LogP contribution >= 0.6 is 0 Å². The fourth-order valence-electron chi connectivity index (χ4n) is 3.41. The standard InChI is InChI=1S/C18H18N2O6S/c1-19-10-16(17(21)20(2)18(19)22)27(23,24)26-11-7-8-15-13(9-11)12-5-3-4-6-14(12)25-15/h7-10H,3-6H2,1-2H3. The molecule has 0 radical (unpaired) electrons. The molecule has 0 N–H and O–H groups in total. The van der Waals surface area contributed by atoms with Gasteiger partial charge in [-0.05, 0) is 37.5 Å². The molecule has 9 heteroatoms. The molecular formula is C18H18N2O6S. The maximum atomic E-state index is 12.6. The van der Waals surface area contributed by atoms with Crippen LogP contribution in [0.4, 0.5) is 0 Å². The van der Waals surface area contributed by atoms with Crippen molar-refractivity contribution in [2.24, 2.45) is 14.1 Å². The van der Waals surface area contributed by atoms with Gasteiger partial charge in [0.1, 0.15) is 17.1 Å². The van der Waals surface area contributed by atoms with E-state index in [1.807, 2.05) is 0 Å². The van der Waals surface area contributed by atoms with Crippen molar-refractivity contribution in [2.45, 2.75) is 30.6 Å². The molecule has 0 amide bonds. The first-order chi connectivity index (χ1) is 12.8. The van der Waals surface area contributed by atoms with Crippen molar-refractivity contribution in [3.63, 3.8) is 0 Å². The summed E-state index contributed by atoms with van der Waals surface area (Å²) in [6.45, 7) is 0. The van der Waals surface area contributed by atoms with E-state index >= 15 is 0 Å². The van der Waals surface area contributed by atoms with Gasteiger partial charge in [0, 0.05) is 37.7 Å². The second-order valence-corrected chi connectivity index (χ2v) is 8.17. The number of benzene rings is 1. The van der Waals surface area contributed by atoms with E-state index in [1.54, 1.807) is 12.1 Å². The molecule has 0 saturated heterocycles. The summed E-state index contributed by atoms with van der Waals surface area (Å²) < 4.78 is 38.0. The Morgan fingerprint density at radius 1 is 1.11 bits per heavy atom. The lowest BCUT2D eigenvalue weighted by Crippen LogP contribution is -2.39. The lowest BCUT2D eigenvalue weighted by atomic mass is 9.96. The van der Waals surface area contributed by atoms with Gasteiger partial charge in [-0.1, -0.05) is 0 Å². The fraction of sp³-hybridized carbons (Fsp3) is 0.333. The van der Waals surface area contributed by atoms with Gasteiger partial charge in [0.05, 0.1) is 0 Å². The van der Waals surface area contributed by atoms with Crippen molar-refractivity contribution in [1.82, 2.24) is 9.13 Å². The molecule has 1 aliphatic rings. The van der Waals surface area contributed by atoms with Crippen LogP contribution in [0.1, 0.15) is 24.2 Å². The average molecular weight is 390 g/mol. The highest BCUT2D eigenvalue weighted by Gasteiger charge is 2.25. The molecule has 0 saturated carbocycles. The van der Waals surface area contributed by atoms with E-state index in [-0.39, 0.29) is 5.75 Å². The lowest BCUT2D eigenvalue weighted by molar-refractivity contribution is 0.480. The van der Waals surface area contributed by atoms with E-state index in [2.05, 4.69) is 0 Å². The molecule has 1 aliphatic carbocycles. The van der Waals surface area contributed by atoms with Crippen LogP contribution in [0.5, 0.6) is 5.75 Å². The highest BCUT2D eigenvalue weighted by molar-refractivity contribution is 7.87. The predicted octanol–water partition coefficient (Wildman–Crippen LogP) is 1.48. The Morgan fingerprint density at radius 2 is 1.85 bits per heavy atom. The molecule has 8 nitrogen and oxygen atoms in total. The second-order valence-electron chi connectivity index (χ2n) is 6.66. The molecule has 2 aromatic heterocycles. The van der Waals surface area contributed by atoms with Crippen LogP contribution in [0, 0.1) is 0 Å². The normalized spacial score (nSPS) is 14.3. The molecule has 2 heterocycles. The number of nitrogens with zero attached hydrogens (tertiary/aromatic N) is 2. The highest BCUT2D eigenvalue weighted by Crippen LogP contribution is 2.34. The number of furan rings is 1. The molecule has 0 bridgehead atoms. The van der Waals surface area contributed by atoms with Crippen molar-refractivity contribution in [3.05, 3.63) is 56.6 Å². The molecule has 0 spiro atoms. The first-order valence-corrected chi connectivity index (χ1v) is 9.94. The van der Waals surface area contributed by atoms with Crippen LogP contribution in [-0.4, -0.2) is 17.6 Å². The van der Waals surface area contributed by atoms with Gasteiger partial charge in [-0.15, -0.1) is 0 Å². The Kier molecular flexibility index (Phi) is 3.99. The maximum Gasteiger partial charge on any atom is 0.346 e. The zero-order chi connectivity index (χ0) is 19.3. The minimum Gasteiger partial charge on any atom is -0.461 e. The number of aryl methyl sites for hydroxylation is 3. The van der Waals surface area contributed by atoms with E-state index in [0.717, 1.165) is 57.7 Å². The average Bonchev–Trinajstić information content (AvgIpc) is 3.00. The van der Waals surface area contributed by atoms with Crippen LogP contribution in [0.15, 0.2) is 43.3 Å². The van der Waals surface area contributed by atoms with Crippen molar-refractivity contribution in [2.75, 3.05) is 0 Å². The van der Waals surface area contributed by atoms with Crippen molar-refractivity contribution in [3.8, 4) is 5.75 Å². The second kappa shape index (κ2) is 6.12. The maximum absolute atomic E-state index is 12.6. The summed E-state index contributed by atoms with van der Waals surface area (Å²) in [6, 6.07) is 4.77. The Hall–Kier alpha value is -2.81. The third kappa shape index (κ3) is 2.87. The molecular weight excluding hydrogens is 372 g/mol. The summed E-state index contributed by atoms with van der Waals surface area (Å²) in [6.07, 6.45) is 4.84. The van der Waals surface area contributed by atoms with E-state index in [1.165, 1.54) is 20.2 Å². The molecule has 0 aliphatic heterocycles. The number of rotatable bonds is 3. The zero-order valence-corrected chi connectivity index (χ0v) is 15.7. The Balaban J connectivity index is 1.77. The van der Waals surface area contributed by atoms with Crippen molar-refractivity contribution in [1.29, 1.82) is 0 Å². The highest BCUT2D eigenvalue weighted by atomic mass is 32.2. The lowest BCUT2D eigenvalue weighted by Gasteiger charge is -2.10. The van der Waals surface area contributed by atoms with Crippen molar-refractivity contribution < 1.29 is 17.0 Å². The third-order valence-corrected chi connectivity index (χ3v) is 6.05. The van der Waals surface area contributed by atoms with Gasteiger partial charge < -0.3 is 13.2 Å². The monoisotopic (exact) mass is 390 g/mol. The number of aromatic nitrogens is 2. The van der Waals surface area contributed by atoms with Crippen LogP contribution in [0.2, 0.25) is 0 Å². The van der Waals surface area contributed by atoms with Crippen LogP contribution in [0.25, 0.3) is 11.0 Å². The number of hydrogen-bond acceptors (Lipinski definition) is 6. The van der Waals surface area contributed by atoms with E-state index in [9.17, 15) is 18.0 Å². The SMILES string of the molecule is Cn1cc(S(=O)(=O)Oc2ccc3oc4c(c3c2)CCCC4)c(=O)n(C)c1=O. The first kappa shape index (κ1) is 17.6. The molecule has 3 aromatic rings. The van der Waals surface area contributed by atoms with Gasteiger partial charge in [-0.2, -0.15) is 8.42 Å². The molecule has 27 heavy (non-hydrogen) atoms. The fourth-order valence-corrected chi connectivity index (χ4v) is 4.50. The van der Waals surface area contributed by atoms with E-state index in [0.29, 0.717) is 5.58 Å². The number of hydrogen-bond donors (Lipinski definition) is 0. The van der Waals surface area contributed by atoms with Gasteiger partial charge in [0.25, 0.3) is 5.56 Å². The van der Waals surface area contributed by atoms with Crippen molar-refractivity contribution >= 4 is 21.1 Å². The Morgan fingerprint density at radius 3 is 2.63 bits per heavy atom. The Bertz CT molecular complexity index is 1280. The van der Waals surface area contributed by atoms with Crippen LogP contribution in [-0.2, 0) is 37.1 Å². The summed E-state index contributed by atoms with van der Waals surface area (Å²) in [7, 11) is -1.82.